The van der Waals surface area contributed by atoms with E-state index in [-0.39, 0.29) is 22.3 Å². The number of nitrogens with two attached hydrogens (primary N) is 1. The molecule has 0 radical (unpaired) electrons. The van der Waals surface area contributed by atoms with Crippen LogP contribution in [0.25, 0.3) is 17.5 Å². The second kappa shape index (κ2) is 5.17. The fourth-order valence-electron chi connectivity index (χ4n) is 2.59. The van der Waals surface area contributed by atoms with Crippen molar-refractivity contribution in [3.8, 4) is 11.7 Å². The second-order valence-corrected chi connectivity index (χ2v) is 6.21. The minimum atomic E-state index is -0.142. The van der Waals surface area contributed by atoms with Gasteiger partial charge in [0, 0.05) is 16.8 Å². The summed E-state index contributed by atoms with van der Waals surface area (Å²) in [6, 6.07) is 7.77. The van der Waals surface area contributed by atoms with Crippen molar-refractivity contribution in [2.24, 2.45) is 4.99 Å². The van der Waals surface area contributed by atoms with Crippen LogP contribution >= 0.6 is 11.3 Å². The van der Waals surface area contributed by atoms with Gasteiger partial charge >= 0.3 is 0 Å². The third kappa shape index (κ3) is 2.06. The van der Waals surface area contributed by atoms with E-state index in [1.54, 1.807) is 0 Å². The molecule has 9 heteroatoms. The Morgan fingerprint density at radius 3 is 2.88 bits per heavy atom. The lowest BCUT2D eigenvalue weighted by Gasteiger charge is -2.02. The van der Waals surface area contributed by atoms with Crippen LogP contribution in [-0.4, -0.2) is 25.7 Å². The largest absolute Gasteiger partial charge is 0.493 e. The Balaban J connectivity index is 1.87. The van der Waals surface area contributed by atoms with Gasteiger partial charge in [-0.2, -0.15) is 0 Å². The van der Waals surface area contributed by atoms with Crippen molar-refractivity contribution in [1.82, 2.24) is 14.9 Å². The smallest absolute Gasteiger partial charge is 0.230 e. The Morgan fingerprint density at radius 2 is 2.12 bits per heavy atom. The fourth-order valence-corrected chi connectivity index (χ4v) is 3.42. The van der Waals surface area contributed by atoms with E-state index in [9.17, 15) is 5.11 Å². The van der Waals surface area contributed by atoms with E-state index >= 15 is 0 Å². The lowest BCUT2D eigenvalue weighted by molar-refractivity contribution is 0.306. The number of nitrogens with zero attached hydrogens (tertiary/aromatic N) is 4. The number of thiazole rings is 1. The van der Waals surface area contributed by atoms with Crippen LogP contribution in [0, 0.1) is 5.41 Å². The van der Waals surface area contributed by atoms with Crippen LogP contribution in [0.5, 0.6) is 5.88 Å². The topological polar surface area (TPSA) is 126 Å². The van der Waals surface area contributed by atoms with Crippen LogP contribution in [0.3, 0.4) is 0 Å². The second-order valence-electron chi connectivity index (χ2n) is 5.18. The number of allylic oxidation sites excluding steroid dienone is 1. The number of hydrogen-bond acceptors (Lipinski definition) is 8. The molecule has 24 heavy (non-hydrogen) atoms. The predicted octanol–water partition coefficient (Wildman–Crippen LogP) is 2.34. The SMILES string of the molecule is CC1=Nc2ccccc2/C1=C/c1sc(=N)n(-c2nonc2N)c1O. The monoisotopic (exact) mass is 340 g/mol. The van der Waals surface area contributed by atoms with Gasteiger partial charge in [-0.25, -0.2) is 9.20 Å². The Kier molecular flexibility index (Phi) is 3.10. The third-order valence-corrected chi connectivity index (χ3v) is 4.59. The van der Waals surface area contributed by atoms with Crippen molar-refractivity contribution in [2.45, 2.75) is 6.92 Å². The number of benzene rings is 1. The molecule has 0 unspecified atom stereocenters. The molecule has 4 N–H and O–H groups in total. The van der Waals surface area contributed by atoms with Crippen LogP contribution in [0.1, 0.15) is 17.4 Å². The first-order chi connectivity index (χ1) is 11.6. The molecule has 0 fully saturated rings. The van der Waals surface area contributed by atoms with Crippen molar-refractivity contribution < 1.29 is 9.74 Å². The minimum absolute atomic E-state index is 0.00441. The maximum absolute atomic E-state index is 10.5. The molecule has 0 saturated heterocycles. The number of aromatic nitrogens is 3. The molecule has 0 bridgehead atoms. The maximum Gasteiger partial charge on any atom is 0.230 e. The molecule has 0 atom stereocenters. The van der Waals surface area contributed by atoms with Crippen LogP contribution in [0.4, 0.5) is 11.5 Å². The summed E-state index contributed by atoms with van der Waals surface area (Å²) >= 11 is 1.09. The first-order valence-corrected chi connectivity index (χ1v) is 7.82. The molecule has 0 aliphatic carbocycles. The van der Waals surface area contributed by atoms with Crippen LogP contribution < -0.4 is 10.5 Å². The number of aromatic hydroxyl groups is 1. The van der Waals surface area contributed by atoms with Gasteiger partial charge in [-0.05, 0) is 29.4 Å². The van der Waals surface area contributed by atoms with Crippen molar-refractivity contribution in [1.29, 1.82) is 5.41 Å². The molecule has 1 aromatic carbocycles. The summed E-state index contributed by atoms with van der Waals surface area (Å²) < 4.78 is 5.74. The molecule has 3 heterocycles. The van der Waals surface area contributed by atoms with Crippen molar-refractivity contribution in [3.05, 3.63) is 39.5 Å². The molecule has 8 nitrogen and oxygen atoms in total. The first-order valence-electron chi connectivity index (χ1n) is 7.01. The summed E-state index contributed by atoms with van der Waals surface area (Å²) in [5.74, 6) is -0.0440. The quantitative estimate of drug-likeness (QED) is 0.660. The van der Waals surface area contributed by atoms with Gasteiger partial charge in [0.25, 0.3) is 0 Å². The summed E-state index contributed by atoms with van der Waals surface area (Å²) in [6.07, 6.45) is 1.81. The molecule has 0 saturated carbocycles. The normalized spacial score (nSPS) is 14.9. The van der Waals surface area contributed by atoms with Gasteiger partial charge in [0.05, 0.1) is 10.6 Å². The van der Waals surface area contributed by atoms with Crippen LogP contribution in [-0.2, 0) is 0 Å². The van der Waals surface area contributed by atoms with E-state index in [1.807, 2.05) is 37.3 Å². The Hall–Kier alpha value is -3.20. The molecule has 4 rings (SSSR count). The molecular weight excluding hydrogens is 328 g/mol. The number of nitrogens with one attached hydrogen (secondary N) is 1. The zero-order chi connectivity index (χ0) is 16.8. The highest BCUT2D eigenvalue weighted by Crippen LogP contribution is 2.37. The van der Waals surface area contributed by atoms with Gasteiger partial charge in [0.2, 0.25) is 17.5 Å². The highest BCUT2D eigenvalue weighted by atomic mass is 32.1. The van der Waals surface area contributed by atoms with E-state index in [0.29, 0.717) is 4.88 Å². The molecule has 0 amide bonds. The lowest BCUT2D eigenvalue weighted by atomic mass is 10.0. The summed E-state index contributed by atoms with van der Waals surface area (Å²) in [7, 11) is 0. The molecule has 0 spiro atoms. The fraction of sp³-hybridized carbons (Fsp3) is 0.0667. The predicted molar refractivity (Wildman–Crippen MR) is 90.5 cm³/mol. The summed E-state index contributed by atoms with van der Waals surface area (Å²) in [6.45, 7) is 1.91. The van der Waals surface area contributed by atoms with Gasteiger partial charge in [0.1, 0.15) is 0 Å². The number of fused-ring (bicyclic) bond motifs is 1. The molecule has 3 aromatic rings. The van der Waals surface area contributed by atoms with Gasteiger partial charge in [0.15, 0.2) is 4.80 Å². The average Bonchev–Trinajstić information content (AvgIpc) is 3.18. The van der Waals surface area contributed by atoms with E-state index in [1.165, 1.54) is 4.57 Å². The number of rotatable bonds is 2. The van der Waals surface area contributed by atoms with E-state index in [0.717, 1.165) is 33.9 Å². The number of hydrogen-bond donors (Lipinski definition) is 3. The molecule has 2 aromatic heterocycles. The standard InChI is InChI=1S/C15H12N6O2S/c1-7-9(8-4-2-3-5-10(8)18-7)6-11-14(22)21(15(17)24-11)13-12(16)19-23-20-13/h2-6,17,22H,1H3,(H2,16,19)/b9-6+,17-15?. The minimum Gasteiger partial charge on any atom is -0.493 e. The van der Waals surface area contributed by atoms with Crippen molar-refractivity contribution in [3.63, 3.8) is 0 Å². The zero-order valence-corrected chi connectivity index (χ0v) is 13.3. The summed E-state index contributed by atoms with van der Waals surface area (Å²) in [5.41, 5.74) is 9.29. The van der Waals surface area contributed by atoms with Crippen molar-refractivity contribution in [2.75, 3.05) is 5.73 Å². The van der Waals surface area contributed by atoms with Crippen molar-refractivity contribution >= 4 is 40.2 Å². The highest BCUT2D eigenvalue weighted by Gasteiger charge is 2.21. The Bertz CT molecular complexity index is 1070. The van der Waals surface area contributed by atoms with E-state index in [2.05, 4.69) is 19.9 Å². The van der Waals surface area contributed by atoms with Gasteiger partial charge in [-0.1, -0.05) is 29.5 Å². The highest BCUT2D eigenvalue weighted by molar-refractivity contribution is 7.10. The molecular formula is C15H12N6O2S. The maximum atomic E-state index is 10.5. The number of aliphatic imine (C=N–C) groups is 1. The van der Waals surface area contributed by atoms with E-state index in [4.69, 9.17) is 11.1 Å². The van der Waals surface area contributed by atoms with Crippen LogP contribution in [0.15, 0.2) is 33.9 Å². The number of anilines is 1. The molecule has 1 aliphatic heterocycles. The summed E-state index contributed by atoms with van der Waals surface area (Å²) in [4.78, 5) is 5.07. The van der Waals surface area contributed by atoms with Gasteiger partial charge < -0.3 is 10.8 Å². The van der Waals surface area contributed by atoms with Crippen LogP contribution in [0.2, 0.25) is 0 Å². The first kappa shape index (κ1) is 14.4. The Morgan fingerprint density at radius 1 is 1.33 bits per heavy atom. The van der Waals surface area contributed by atoms with E-state index < -0.39 is 0 Å². The lowest BCUT2D eigenvalue weighted by Crippen LogP contribution is -2.12. The molecule has 1 aliphatic rings. The van der Waals surface area contributed by atoms with Gasteiger partial charge in [-0.3, -0.25) is 10.4 Å². The summed E-state index contributed by atoms with van der Waals surface area (Å²) in [5, 5.41) is 25.7. The number of nitrogen functional groups attached to an aromatic ring is 1. The third-order valence-electron chi connectivity index (χ3n) is 3.70. The average molecular weight is 340 g/mol. The number of para-hydroxylation sites is 1. The molecule has 120 valence electrons. The Labute approximate surface area is 139 Å². The van der Waals surface area contributed by atoms with Gasteiger partial charge in [-0.15, -0.1) is 0 Å². The zero-order valence-electron chi connectivity index (χ0n) is 12.5.